The number of hydrogen-bond acceptors (Lipinski definition) is 6. The standard InChI is InChI=1S/C13H10ClN3O2S/c1-7-11(12(18)19-2)20-13(16-7)17-10-5-8(6-15)3-4-9(10)14/h3-5H,1-2H3,(H,16,17). The van der Waals surface area contributed by atoms with Crippen molar-refractivity contribution in [2.24, 2.45) is 0 Å². The third kappa shape index (κ3) is 2.90. The second kappa shape index (κ2) is 5.90. The molecule has 2 rings (SSSR count). The van der Waals surface area contributed by atoms with Crippen LogP contribution < -0.4 is 5.32 Å². The Morgan fingerprint density at radius 2 is 2.30 bits per heavy atom. The number of ether oxygens (including phenoxy) is 1. The van der Waals surface area contributed by atoms with E-state index in [0.29, 0.717) is 32.0 Å². The molecule has 0 aliphatic heterocycles. The molecule has 102 valence electrons. The number of rotatable bonds is 3. The number of nitrogens with one attached hydrogen (secondary N) is 1. The van der Waals surface area contributed by atoms with Crippen LogP contribution >= 0.6 is 22.9 Å². The fraction of sp³-hybridized carbons (Fsp3) is 0.154. The van der Waals surface area contributed by atoms with Crippen LogP contribution in [-0.2, 0) is 4.74 Å². The number of hydrogen-bond donors (Lipinski definition) is 1. The summed E-state index contributed by atoms with van der Waals surface area (Å²) in [5.41, 5.74) is 1.63. The lowest BCUT2D eigenvalue weighted by atomic mass is 10.2. The van der Waals surface area contributed by atoms with Gasteiger partial charge in [0.25, 0.3) is 0 Å². The first-order valence-corrected chi connectivity index (χ1v) is 6.77. The zero-order chi connectivity index (χ0) is 14.7. The van der Waals surface area contributed by atoms with Crippen molar-refractivity contribution in [3.05, 3.63) is 39.4 Å². The van der Waals surface area contributed by atoms with Crippen molar-refractivity contribution >= 4 is 39.7 Å². The summed E-state index contributed by atoms with van der Waals surface area (Å²) in [4.78, 5) is 16.2. The number of halogens is 1. The maximum atomic E-state index is 11.5. The summed E-state index contributed by atoms with van der Waals surface area (Å²) < 4.78 is 4.68. The molecule has 0 saturated carbocycles. The van der Waals surface area contributed by atoms with Crippen molar-refractivity contribution in [3.8, 4) is 6.07 Å². The Morgan fingerprint density at radius 1 is 1.55 bits per heavy atom. The third-order valence-electron chi connectivity index (χ3n) is 2.50. The third-order valence-corrected chi connectivity index (χ3v) is 3.89. The van der Waals surface area contributed by atoms with Crippen LogP contribution in [0.3, 0.4) is 0 Å². The number of carbonyl (C=O) groups excluding carboxylic acids is 1. The van der Waals surface area contributed by atoms with Crippen LogP contribution in [0.1, 0.15) is 20.9 Å². The number of methoxy groups -OCH3 is 1. The molecular formula is C13H10ClN3O2S. The molecule has 0 radical (unpaired) electrons. The Labute approximate surface area is 124 Å². The second-order valence-electron chi connectivity index (χ2n) is 3.86. The minimum absolute atomic E-state index is 0.426. The largest absolute Gasteiger partial charge is 0.465 e. The molecule has 5 nitrogen and oxygen atoms in total. The molecule has 0 aliphatic rings. The van der Waals surface area contributed by atoms with E-state index < -0.39 is 5.97 Å². The summed E-state index contributed by atoms with van der Waals surface area (Å²) in [5, 5.41) is 12.9. The molecule has 7 heteroatoms. The SMILES string of the molecule is COC(=O)c1sc(Nc2cc(C#N)ccc2Cl)nc1C. The molecular weight excluding hydrogens is 298 g/mol. The van der Waals surface area contributed by atoms with E-state index in [1.54, 1.807) is 25.1 Å². The van der Waals surface area contributed by atoms with E-state index in [4.69, 9.17) is 16.9 Å². The fourth-order valence-corrected chi connectivity index (χ4v) is 2.60. The molecule has 0 saturated heterocycles. The maximum absolute atomic E-state index is 11.5. The van der Waals surface area contributed by atoms with Gasteiger partial charge in [0.2, 0.25) is 0 Å². The van der Waals surface area contributed by atoms with Gasteiger partial charge in [-0.2, -0.15) is 5.26 Å². The summed E-state index contributed by atoms with van der Waals surface area (Å²) in [6, 6.07) is 6.91. The lowest BCUT2D eigenvalue weighted by Crippen LogP contribution is -1.99. The van der Waals surface area contributed by atoms with Gasteiger partial charge in [0, 0.05) is 0 Å². The molecule has 2 aromatic rings. The monoisotopic (exact) mass is 307 g/mol. The Morgan fingerprint density at radius 3 is 2.95 bits per heavy atom. The first-order chi connectivity index (χ1) is 9.55. The molecule has 0 amide bonds. The number of carbonyl (C=O) groups is 1. The van der Waals surface area contributed by atoms with E-state index in [-0.39, 0.29) is 0 Å². The van der Waals surface area contributed by atoms with Crippen molar-refractivity contribution in [2.75, 3.05) is 12.4 Å². The van der Waals surface area contributed by atoms with Crippen LogP contribution in [0.5, 0.6) is 0 Å². The first-order valence-electron chi connectivity index (χ1n) is 5.57. The Kier molecular flexibility index (Phi) is 4.23. The number of benzene rings is 1. The van der Waals surface area contributed by atoms with Crippen LogP contribution in [0, 0.1) is 18.3 Å². The van der Waals surface area contributed by atoms with E-state index in [1.807, 2.05) is 6.07 Å². The summed E-state index contributed by atoms with van der Waals surface area (Å²) in [5.74, 6) is -0.426. The van der Waals surface area contributed by atoms with Gasteiger partial charge in [0.1, 0.15) is 4.88 Å². The van der Waals surface area contributed by atoms with Gasteiger partial charge in [-0.1, -0.05) is 22.9 Å². The van der Waals surface area contributed by atoms with Gasteiger partial charge in [-0.15, -0.1) is 0 Å². The number of aryl methyl sites for hydroxylation is 1. The predicted molar refractivity (Wildman–Crippen MR) is 77.6 cm³/mol. The van der Waals surface area contributed by atoms with Crippen molar-refractivity contribution in [1.82, 2.24) is 4.98 Å². The molecule has 1 aromatic carbocycles. The van der Waals surface area contributed by atoms with Gasteiger partial charge in [-0.3, -0.25) is 0 Å². The minimum atomic E-state index is -0.426. The lowest BCUT2D eigenvalue weighted by Gasteiger charge is -2.05. The zero-order valence-corrected chi connectivity index (χ0v) is 12.3. The number of nitrogens with zero attached hydrogens (tertiary/aromatic N) is 2. The van der Waals surface area contributed by atoms with E-state index in [9.17, 15) is 4.79 Å². The van der Waals surface area contributed by atoms with Crippen LogP contribution in [0.25, 0.3) is 0 Å². The highest BCUT2D eigenvalue weighted by atomic mass is 35.5. The van der Waals surface area contributed by atoms with E-state index in [1.165, 1.54) is 18.4 Å². The molecule has 1 heterocycles. The quantitative estimate of drug-likeness (QED) is 0.878. The average molecular weight is 308 g/mol. The Balaban J connectivity index is 2.31. The summed E-state index contributed by atoms with van der Waals surface area (Å²) in [7, 11) is 1.32. The smallest absolute Gasteiger partial charge is 0.350 e. The van der Waals surface area contributed by atoms with Crippen LogP contribution in [0.15, 0.2) is 18.2 Å². The number of aromatic nitrogens is 1. The highest BCUT2D eigenvalue weighted by molar-refractivity contribution is 7.17. The van der Waals surface area contributed by atoms with Gasteiger partial charge >= 0.3 is 5.97 Å². The lowest BCUT2D eigenvalue weighted by molar-refractivity contribution is 0.0605. The molecule has 20 heavy (non-hydrogen) atoms. The average Bonchev–Trinajstić information content (AvgIpc) is 2.81. The first kappa shape index (κ1) is 14.3. The molecule has 0 bridgehead atoms. The molecule has 1 aromatic heterocycles. The molecule has 0 atom stereocenters. The van der Waals surface area contributed by atoms with Gasteiger partial charge < -0.3 is 10.1 Å². The molecule has 0 aliphatic carbocycles. The van der Waals surface area contributed by atoms with Gasteiger partial charge in [-0.25, -0.2) is 9.78 Å². The van der Waals surface area contributed by atoms with E-state index in [0.717, 1.165) is 0 Å². The van der Waals surface area contributed by atoms with Gasteiger partial charge in [0.15, 0.2) is 5.13 Å². The van der Waals surface area contributed by atoms with Gasteiger partial charge in [0.05, 0.1) is 35.1 Å². The summed E-state index contributed by atoms with van der Waals surface area (Å²) >= 11 is 7.22. The maximum Gasteiger partial charge on any atom is 0.350 e. The van der Waals surface area contributed by atoms with Crippen LogP contribution in [0.4, 0.5) is 10.8 Å². The number of thiazole rings is 1. The Hall–Kier alpha value is -2.10. The summed E-state index contributed by atoms with van der Waals surface area (Å²) in [6.45, 7) is 1.72. The topological polar surface area (TPSA) is 75.0 Å². The minimum Gasteiger partial charge on any atom is -0.465 e. The summed E-state index contributed by atoms with van der Waals surface area (Å²) in [6.07, 6.45) is 0. The van der Waals surface area contributed by atoms with E-state index >= 15 is 0 Å². The molecule has 0 spiro atoms. The highest BCUT2D eigenvalue weighted by Gasteiger charge is 2.16. The fourth-order valence-electron chi connectivity index (χ4n) is 1.54. The number of nitriles is 1. The number of anilines is 2. The van der Waals surface area contributed by atoms with Crippen LogP contribution in [0.2, 0.25) is 5.02 Å². The molecule has 0 fully saturated rings. The normalized spacial score (nSPS) is 9.90. The van der Waals surface area contributed by atoms with Crippen molar-refractivity contribution < 1.29 is 9.53 Å². The predicted octanol–water partition coefficient (Wildman–Crippen LogP) is 3.51. The van der Waals surface area contributed by atoms with Crippen molar-refractivity contribution in [3.63, 3.8) is 0 Å². The van der Waals surface area contributed by atoms with Gasteiger partial charge in [-0.05, 0) is 25.1 Å². The van der Waals surface area contributed by atoms with Crippen molar-refractivity contribution in [2.45, 2.75) is 6.92 Å². The highest BCUT2D eigenvalue weighted by Crippen LogP contribution is 2.30. The Bertz CT molecular complexity index is 706. The molecule has 0 unspecified atom stereocenters. The second-order valence-corrected chi connectivity index (χ2v) is 5.26. The zero-order valence-electron chi connectivity index (χ0n) is 10.7. The van der Waals surface area contributed by atoms with Crippen molar-refractivity contribution in [1.29, 1.82) is 5.26 Å². The van der Waals surface area contributed by atoms with E-state index in [2.05, 4.69) is 15.0 Å². The molecule has 1 N–H and O–H groups in total. The van der Waals surface area contributed by atoms with Crippen LogP contribution in [-0.4, -0.2) is 18.1 Å². The number of esters is 1.